The molecule has 3 atom stereocenters. The van der Waals surface area contributed by atoms with Crippen molar-refractivity contribution in [2.75, 3.05) is 13.1 Å². The Balaban J connectivity index is 2.10. The van der Waals surface area contributed by atoms with Gasteiger partial charge in [0.05, 0.1) is 0 Å². The highest BCUT2D eigenvalue weighted by Gasteiger charge is 2.33. The van der Waals surface area contributed by atoms with Crippen molar-refractivity contribution in [1.82, 2.24) is 10.2 Å². The van der Waals surface area contributed by atoms with Crippen LogP contribution in [0.1, 0.15) is 45.2 Å². The molecule has 0 aromatic heterocycles. The van der Waals surface area contributed by atoms with E-state index in [1.807, 2.05) is 18.7 Å². The molecule has 25 heavy (non-hydrogen) atoms. The molecular weight excluding hydrogens is 321 g/mol. The lowest BCUT2D eigenvalue weighted by Crippen LogP contribution is -2.53. The number of likely N-dealkylation sites (tertiary alicyclic amines) is 1. The second-order valence-corrected chi connectivity index (χ2v) is 7.06. The minimum atomic E-state index is -0.660. The van der Waals surface area contributed by atoms with Crippen LogP contribution in [0.4, 0.5) is 4.39 Å². The van der Waals surface area contributed by atoms with Gasteiger partial charge in [-0.1, -0.05) is 39.3 Å². The molecule has 0 saturated carbocycles. The molecule has 1 saturated heterocycles. The molecule has 0 aliphatic carbocycles. The molecule has 1 heterocycles. The van der Waals surface area contributed by atoms with Crippen molar-refractivity contribution in [3.8, 4) is 0 Å². The summed E-state index contributed by atoms with van der Waals surface area (Å²) < 4.78 is 13.1. The van der Waals surface area contributed by atoms with Crippen LogP contribution in [0.15, 0.2) is 24.3 Å². The molecular formula is C19H28FN3O2. The van der Waals surface area contributed by atoms with Crippen LogP contribution in [0.3, 0.4) is 0 Å². The van der Waals surface area contributed by atoms with Crippen molar-refractivity contribution in [3.63, 3.8) is 0 Å². The summed E-state index contributed by atoms with van der Waals surface area (Å²) in [6, 6.07) is 5.24. The molecule has 1 aromatic rings. The van der Waals surface area contributed by atoms with Gasteiger partial charge in [0.1, 0.15) is 11.9 Å². The van der Waals surface area contributed by atoms with Gasteiger partial charge in [-0.3, -0.25) is 14.9 Å². The number of halogens is 1. The van der Waals surface area contributed by atoms with E-state index in [2.05, 4.69) is 12.2 Å². The third-order valence-corrected chi connectivity index (χ3v) is 4.93. The van der Waals surface area contributed by atoms with Gasteiger partial charge in [0, 0.05) is 25.0 Å². The maximum atomic E-state index is 13.1. The van der Waals surface area contributed by atoms with Gasteiger partial charge in [0.25, 0.3) is 0 Å². The largest absolute Gasteiger partial charge is 0.368 e. The Morgan fingerprint density at radius 2 is 1.96 bits per heavy atom. The van der Waals surface area contributed by atoms with Crippen molar-refractivity contribution in [2.45, 2.75) is 45.7 Å². The fourth-order valence-electron chi connectivity index (χ4n) is 3.44. The highest BCUT2D eigenvalue weighted by molar-refractivity contribution is 5.81. The lowest BCUT2D eigenvalue weighted by molar-refractivity contribution is -0.137. The molecule has 2 amide bonds. The first-order valence-corrected chi connectivity index (χ1v) is 8.93. The maximum Gasteiger partial charge on any atom is 0.239 e. The van der Waals surface area contributed by atoms with Crippen molar-refractivity contribution in [3.05, 3.63) is 35.6 Å². The summed E-state index contributed by atoms with van der Waals surface area (Å²) in [4.78, 5) is 26.1. The minimum absolute atomic E-state index is 0.0143. The zero-order valence-electron chi connectivity index (χ0n) is 15.2. The van der Waals surface area contributed by atoms with Gasteiger partial charge in [-0.2, -0.15) is 0 Å². The molecule has 138 valence electrons. The first kappa shape index (κ1) is 19.4. The van der Waals surface area contributed by atoms with Crippen LogP contribution in [0.2, 0.25) is 0 Å². The molecule has 0 radical (unpaired) electrons. The van der Waals surface area contributed by atoms with E-state index in [-0.39, 0.29) is 29.6 Å². The molecule has 1 fully saturated rings. The van der Waals surface area contributed by atoms with Crippen molar-refractivity contribution >= 4 is 11.8 Å². The van der Waals surface area contributed by atoms with Crippen molar-refractivity contribution < 1.29 is 14.0 Å². The highest BCUT2D eigenvalue weighted by Crippen LogP contribution is 2.25. The molecule has 0 spiro atoms. The van der Waals surface area contributed by atoms with Crippen LogP contribution < -0.4 is 11.1 Å². The molecule has 0 bridgehead atoms. The maximum absolute atomic E-state index is 13.1. The number of primary amides is 1. The average molecular weight is 349 g/mol. The number of nitrogens with one attached hydrogen (secondary N) is 1. The summed E-state index contributed by atoms with van der Waals surface area (Å²) in [6.45, 7) is 7.25. The zero-order chi connectivity index (χ0) is 18.6. The van der Waals surface area contributed by atoms with E-state index in [0.29, 0.717) is 18.7 Å². The van der Waals surface area contributed by atoms with Crippen LogP contribution >= 0.6 is 0 Å². The van der Waals surface area contributed by atoms with Crippen LogP contribution in [-0.4, -0.2) is 35.8 Å². The number of carbonyl (C=O) groups excluding carboxylic acids is 2. The number of benzene rings is 1. The molecule has 5 nitrogen and oxygen atoms in total. The standard InChI is InChI=1S/C19H28FN3O2/c1-4-13-11-23(19(25)12(2)3)10-9-16(13)22-17(18(21)24)14-5-7-15(20)8-6-14/h5-8,12-13,16-17,22H,4,9-11H2,1-3H3,(H2,21,24)/t13-,16+,17+/m1/s1. The molecule has 0 unspecified atom stereocenters. The van der Waals surface area contributed by atoms with Gasteiger partial charge in [0.2, 0.25) is 11.8 Å². The second-order valence-electron chi connectivity index (χ2n) is 7.06. The van der Waals surface area contributed by atoms with E-state index >= 15 is 0 Å². The summed E-state index contributed by atoms with van der Waals surface area (Å²) in [5.41, 5.74) is 6.22. The van der Waals surface area contributed by atoms with Gasteiger partial charge in [-0.05, 0) is 30.0 Å². The Labute approximate surface area is 148 Å². The van der Waals surface area contributed by atoms with Crippen LogP contribution in [0.5, 0.6) is 0 Å². The summed E-state index contributed by atoms with van der Waals surface area (Å²) in [7, 11) is 0. The van der Waals surface area contributed by atoms with Gasteiger partial charge in [-0.25, -0.2) is 4.39 Å². The number of hydrogen-bond donors (Lipinski definition) is 2. The van der Waals surface area contributed by atoms with Gasteiger partial charge in [0.15, 0.2) is 0 Å². The monoisotopic (exact) mass is 349 g/mol. The number of carbonyl (C=O) groups is 2. The second kappa shape index (κ2) is 8.43. The normalized spacial score (nSPS) is 22.0. The number of amides is 2. The third kappa shape index (κ3) is 4.78. The summed E-state index contributed by atoms with van der Waals surface area (Å²) in [5, 5.41) is 3.35. The molecule has 1 aliphatic heterocycles. The fraction of sp³-hybridized carbons (Fsp3) is 0.579. The molecule has 3 N–H and O–H groups in total. The quantitative estimate of drug-likeness (QED) is 0.827. The molecule has 1 aliphatic rings. The number of piperidine rings is 1. The van der Waals surface area contributed by atoms with Crippen LogP contribution in [-0.2, 0) is 9.59 Å². The molecule has 6 heteroatoms. The van der Waals surface area contributed by atoms with Gasteiger partial charge >= 0.3 is 0 Å². The van der Waals surface area contributed by atoms with Crippen molar-refractivity contribution in [1.29, 1.82) is 0 Å². The Kier molecular flexibility index (Phi) is 6.53. The Morgan fingerprint density at radius 3 is 2.48 bits per heavy atom. The van der Waals surface area contributed by atoms with Crippen molar-refractivity contribution in [2.24, 2.45) is 17.6 Å². The predicted octanol–water partition coefficient (Wildman–Crippen LogP) is 2.22. The van der Waals surface area contributed by atoms with Crippen LogP contribution in [0, 0.1) is 17.7 Å². The summed E-state index contributed by atoms with van der Waals surface area (Å²) in [5.74, 6) is -0.429. The van der Waals surface area contributed by atoms with Gasteiger partial charge in [-0.15, -0.1) is 0 Å². The lowest BCUT2D eigenvalue weighted by atomic mass is 9.88. The lowest BCUT2D eigenvalue weighted by Gasteiger charge is -2.40. The number of nitrogens with two attached hydrogens (primary N) is 1. The topological polar surface area (TPSA) is 75.4 Å². The Hall–Kier alpha value is -1.95. The van der Waals surface area contributed by atoms with E-state index in [0.717, 1.165) is 12.8 Å². The van der Waals surface area contributed by atoms with E-state index in [4.69, 9.17) is 5.73 Å². The van der Waals surface area contributed by atoms with E-state index < -0.39 is 11.9 Å². The van der Waals surface area contributed by atoms with Gasteiger partial charge < -0.3 is 10.6 Å². The SMILES string of the molecule is CC[C@@H]1CN(C(=O)C(C)C)CC[C@@H]1N[C@H](C(N)=O)c1ccc(F)cc1. The van der Waals surface area contributed by atoms with E-state index in [1.165, 1.54) is 12.1 Å². The first-order chi connectivity index (χ1) is 11.8. The summed E-state index contributed by atoms with van der Waals surface area (Å²) >= 11 is 0. The van der Waals surface area contributed by atoms with E-state index in [9.17, 15) is 14.0 Å². The molecule has 2 rings (SSSR count). The summed E-state index contributed by atoms with van der Waals surface area (Å²) in [6.07, 6.45) is 1.66. The predicted molar refractivity (Wildman–Crippen MR) is 95.1 cm³/mol. The minimum Gasteiger partial charge on any atom is -0.368 e. The highest BCUT2D eigenvalue weighted by atomic mass is 19.1. The zero-order valence-corrected chi connectivity index (χ0v) is 15.2. The fourth-order valence-corrected chi connectivity index (χ4v) is 3.44. The van der Waals surface area contributed by atoms with E-state index in [1.54, 1.807) is 12.1 Å². The number of rotatable bonds is 6. The molecule has 1 aromatic carbocycles. The number of hydrogen-bond acceptors (Lipinski definition) is 3. The average Bonchev–Trinajstić information content (AvgIpc) is 2.59. The number of nitrogens with zero attached hydrogens (tertiary/aromatic N) is 1. The Morgan fingerprint density at radius 1 is 1.32 bits per heavy atom. The van der Waals surface area contributed by atoms with Crippen LogP contribution in [0.25, 0.3) is 0 Å². The smallest absolute Gasteiger partial charge is 0.239 e. The first-order valence-electron chi connectivity index (χ1n) is 8.93. The Bertz CT molecular complexity index is 603. The third-order valence-electron chi connectivity index (χ3n) is 4.93.